The van der Waals surface area contributed by atoms with Crippen LogP contribution in [-0.4, -0.2) is 94.1 Å². The standard InChI is InChI=1S/C30H41N7O8S/c1-3-45-26(39)18-34-28(41)27(40)24(17-21-11-6-4-7-12-21)35-25(38)19-37(2)29(42)23(15-10-16-33-30(31)32)36-46(43,44)20-22-13-8-5-9-14-22/h4-9,11-14,23-24,36H,3,10,15-20H2,1-2H3,(H,34,41)(H,35,38)(H4,31,32,33)/t23-,24-/m0/s1. The zero-order valence-corrected chi connectivity index (χ0v) is 26.6. The predicted molar refractivity (Wildman–Crippen MR) is 170 cm³/mol. The first-order valence-electron chi connectivity index (χ1n) is 14.5. The Morgan fingerprint density at radius 2 is 1.54 bits per heavy atom. The summed E-state index contributed by atoms with van der Waals surface area (Å²) in [4.78, 5) is 68.5. The molecule has 0 saturated heterocycles. The van der Waals surface area contributed by atoms with Crippen LogP contribution in [0, 0.1) is 0 Å². The number of guanidine groups is 1. The second-order valence-corrected chi connectivity index (χ2v) is 12.0. The van der Waals surface area contributed by atoms with Gasteiger partial charge in [0.2, 0.25) is 27.6 Å². The number of sulfonamides is 1. The van der Waals surface area contributed by atoms with E-state index >= 15 is 0 Å². The maximum atomic E-state index is 13.4. The van der Waals surface area contributed by atoms with Crippen LogP contribution in [0.2, 0.25) is 0 Å². The molecule has 2 atom stereocenters. The number of Topliss-reactive ketones (excluding diaryl/α,β-unsaturated/α-hetero) is 1. The van der Waals surface area contributed by atoms with Crippen LogP contribution in [0.25, 0.3) is 0 Å². The first kappa shape index (κ1) is 37.4. The summed E-state index contributed by atoms with van der Waals surface area (Å²) in [6.07, 6.45) is 0.213. The highest BCUT2D eigenvalue weighted by molar-refractivity contribution is 7.88. The maximum absolute atomic E-state index is 13.4. The minimum atomic E-state index is -3.99. The number of benzene rings is 2. The van der Waals surface area contributed by atoms with Gasteiger partial charge in [0, 0.05) is 20.0 Å². The molecule has 0 aromatic heterocycles. The van der Waals surface area contributed by atoms with E-state index in [0.29, 0.717) is 11.1 Å². The number of nitrogens with two attached hydrogens (primary N) is 2. The molecule has 0 bridgehead atoms. The zero-order valence-electron chi connectivity index (χ0n) is 25.8. The second kappa shape index (κ2) is 18.9. The van der Waals surface area contributed by atoms with Gasteiger partial charge in [0.1, 0.15) is 18.6 Å². The molecule has 3 amide bonds. The van der Waals surface area contributed by atoms with E-state index in [0.717, 1.165) is 4.90 Å². The van der Waals surface area contributed by atoms with Crippen molar-refractivity contribution >= 4 is 45.5 Å². The number of carbonyl (C=O) groups excluding carboxylic acids is 5. The van der Waals surface area contributed by atoms with Crippen molar-refractivity contribution in [2.75, 3.05) is 33.3 Å². The van der Waals surface area contributed by atoms with Crippen molar-refractivity contribution < 1.29 is 37.1 Å². The third-order valence-corrected chi connectivity index (χ3v) is 7.74. The monoisotopic (exact) mass is 659 g/mol. The predicted octanol–water partition coefficient (Wildman–Crippen LogP) is -1.04. The van der Waals surface area contributed by atoms with Crippen LogP contribution in [0.3, 0.4) is 0 Å². The molecule has 15 nitrogen and oxygen atoms in total. The van der Waals surface area contributed by atoms with E-state index in [9.17, 15) is 32.4 Å². The van der Waals surface area contributed by atoms with Crippen LogP contribution in [0.5, 0.6) is 0 Å². The van der Waals surface area contributed by atoms with E-state index in [2.05, 4.69) is 20.3 Å². The van der Waals surface area contributed by atoms with Crippen molar-refractivity contribution in [2.45, 2.75) is 44.0 Å². The van der Waals surface area contributed by atoms with E-state index in [-0.39, 0.29) is 44.1 Å². The fourth-order valence-electron chi connectivity index (χ4n) is 4.26. The molecule has 0 spiro atoms. The molecule has 0 aliphatic heterocycles. The van der Waals surface area contributed by atoms with Gasteiger partial charge < -0.3 is 31.7 Å². The number of nitrogens with one attached hydrogen (secondary N) is 3. The Labute approximate surface area is 268 Å². The average Bonchev–Trinajstić information content (AvgIpc) is 3.01. The minimum Gasteiger partial charge on any atom is -0.465 e. The van der Waals surface area contributed by atoms with E-state index in [4.69, 9.17) is 16.2 Å². The third kappa shape index (κ3) is 13.9. The average molecular weight is 660 g/mol. The van der Waals surface area contributed by atoms with Gasteiger partial charge in [0.05, 0.1) is 18.9 Å². The molecule has 2 rings (SSSR count). The molecule has 0 heterocycles. The number of ether oxygens (including phenoxy) is 1. The molecule has 0 aliphatic carbocycles. The number of likely N-dealkylation sites (N-methyl/N-ethyl adjacent to an activating group) is 1. The van der Waals surface area contributed by atoms with E-state index < -0.39 is 64.7 Å². The second-order valence-electron chi connectivity index (χ2n) is 10.2. The molecule has 0 unspecified atom stereocenters. The van der Waals surface area contributed by atoms with Crippen molar-refractivity contribution in [2.24, 2.45) is 16.5 Å². The van der Waals surface area contributed by atoms with Gasteiger partial charge in [-0.1, -0.05) is 60.7 Å². The molecular formula is C30H41N7O8S. The van der Waals surface area contributed by atoms with Gasteiger partial charge in [-0.05, 0) is 30.9 Å². The fraction of sp³-hybridized carbons (Fsp3) is 0.400. The molecule has 0 radical (unpaired) electrons. The van der Waals surface area contributed by atoms with Crippen LogP contribution >= 0.6 is 0 Å². The Kier molecular flexibility index (Phi) is 15.3. The Morgan fingerprint density at radius 3 is 2.13 bits per heavy atom. The first-order chi connectivity index (χ1) is 21.8. The smallest absolute Gasteiger partial charge is 0.325 e. The number of nitrogens with zero attached hydrogens (tertiary/aromatic N) is 2. The van der Waals surface area contributed by atoms with Gasteiger partial charge in [0.15, 0.2) is 5.96 Å². The number of carbonyl (C=O) groups is 5. The van der Waals surface area contributed by atoms with Crippen LogP contribution in [0.4, 0.5) is 0 Å². The lowest BCUT2D eigenvalue weighted by Crippen LogP contribution is -2.53. The summed E-state index contributed by atoms with van der Waals surface area (Å²) >= 11 is 0. The van der Waals surface area contributed by atoms with Crippen molar-refractivity contribution in [3.8, 4) is 0 Å². The molecule has 0 fully saturated rings. The first-order valence-corrected chi connectivity index (χ1v) is 16.1. The Hall–Kier alpha value is -4.83. The van der Waals surface area contributed by atoms with Crippen molar-refractivity contribution in [1.82, 2.24) is 20.3 Å². The molecule has 2 aromatic rings. The van der Waals surface area contributed by atoms with E-state index in [1.165, 1.54) is 7.05 Å². The van der Waals surface area contributed by atoms with Gasteiger partial charge in [-0.2, -0.15) is 0 Å². The molecule has 46 heavy (non-hydrogen) atoms. The van der Waals surface area contributed by atoms with Gasteiger partial charge in [-0.3, -0.25) is 29.0 Å². The molecule has 0 aliphatic rings. The molecular weight excluding hydrogens is 618 g/mol. The van der Waals surface area contributed by atoms with Crippen LogP contribution < -0.4 is 26.8 Å². The van der Waals surface area contributed by atoms with E-state index in [1.807, 2.05) is 0 Å². The fourth-order valence-corrected chi connectivity index (χ4v) is 5.62. The third-order valence-electron chi connectivity index (χ3n) is 6.38. The largest absolute Gasteiger partial charge is 0.465 e. The number of hydrogen-bond donors (Lipinski definition) is 5. The molecule has 16 heteroatoms. The van der Waals surface area contributed by atoms with Crippen LogP contribution in [0.1, 0.15) is 30.9 Å². The Bertz CT molecular complexity index is 1470. The number of hydrogen-bond acceptors (Lipinski definition) is 9. The summed E-state index contributed by atoms with van der Waals surface area (Å²) in [7, 11) is -2.69. The van der Waals surface area contributed by atoms with Gasteiger partial charge in [0.25, 0.3) is 5.91 Å². The van der Waals surface area contributed by atoms with Gasteiger partial charge in [-0.15, -0.1) is 0 Å². The Morgan fingerprint density at radius 1 is 0.935 bits per heavy atom. The highest BCUT2D eigenvalue weighted by Gasteiger charge is 2.31. The number of ketones is 1. The lowest BCUT2D eigenvalue weighted by atomic mass is 10.0. The lowest BCUT2D eigenvalue weighted by molar-refractivity contribution is -0.145. The van der Waals surface area contributed by atoms with Gasteiger partial charge >= 0.3 is 5.97 Å². The summed E-state index contributed by atoms with van der Waals surface area (Å²) in [5.41, 5.74) is 11.9. The summed E-state index contributed by atoms with van der Waals surface area (Å²) in [5.74, 6) is -4.88. The van der Waals surface area contributed by atoms with Crippen molar-refractivity contribution in [1.29, 1.82) is 0 Å². The van der Waals surface area contributed by atoms with Crippen molar-refractivity contribution in [3.05, 3.63) is 71.8 Å². The minimum absolute atomic E-state index is 0.0192. The van der Waals surface area contributed by atoms with E-state index in [1.54, 1.807) is 67.6 Å². The highest BCUT2D eigenvalue weighted by atomic mass is 32.2. The topological polar surface area (TPSA) is 232 Å². The quantitative estimate of drug-likeness (QED) is 0.0404. The summed E-state index contributed by atoms with van der Waals surface area (Å²) < 4.78 is 33.1. The molecule has 7 N–H and O–H groups in total. The van der Waals surface area contributed by atoms with Crippen molar-refractivity contribution in [3.63, 3.8) is 0 Å². The number of amides is 3. The highest BCUT2D eigenvalue weighted by Crippen LogP contribution is 2.10. The van der Waals surface area contributed by atoms with Crippen LogP contribution in [-0.2, 0) is 50.9 Å². The zero-order chi connectivity index (χ0) is 34.1. The normalized spacial score (nSPS) is 12.2. The van der Waals surface area contributed by atoms with Gasteiger partial charge in [-0.25, -0.2) is 13.1 Å². The summed E-state index contributed by atoms with van der Waals surface area (Å²) in [5, 5.41) is 4.67. The SMILES string of the molecule is CCOC(=O)CNC(=O)C(=O)[C@H](Cc1ccccc1)NC(=O)CN(C)C(=O)[C@H](CCCN=C(N)N)NS(=O)(=O)Cc1ccccc1. The number of aliphatic imine (C=N–C) groups is 1. The lowest BCUT2D eigenvalue weighted by Gasteiger charge is -2.25. The summed E-state index contributed by atoms with van der Waals surface area (Å²) in [6.45, 7) is 0.719. The molecule has 2 aromatic carbocycles. The molecule has 0 saturated carbocycles. The number of rotatable bonds is 19. The van der Waals surface area contributed by atoms with Crippen LogP contribution in [0.15, 0.2) is 65.7 Å². The molecule has 250 valence electrons. The Balaban J connectivity index is 2.15. The number of esters is 1. The maximum Gasteiger partial charge on any atom is 0.325 e. The summed E-state index contributed by atoms with van der Waals surface area (Å²) in [6, 6.07) is 14.4.